The average Bonchev–Trinajstić information content (AvgIpc) is 1.64. The van der Waals surface area contributed by atoms with E-state index in [1.807, 2.05) is 0 Å². The summed E-state index contributed by atoms with van der Waals surface area (Å²) in [5.74, 6) is -2.43. The van der Waals surface area contributed by atoms with Crippen molar-refractivity contribution in [1.29, 1.82) is 0 Å². The molecule has 0 rings (SSSR count). The van der Waals surface area contributed by atoms with Crippen molar-refractivity contribution in [3.8, 4) is 0 Å². The lowest BCUT2D eigenvalue weighted by molar-refractivity contribution is -0.149. The van der Waals surface area contributed by atoms with E-state index in [4.69, 9.17) is 10.8 Å². The van der Waals surface area contributed by atoms with Crippen LogP contribution in [0.3, 0.4) is 0 Å². The lowest BCUT2D eigenvalue weighted by Gasteiger charge is -1.94. The van der Waals surface area contributed by atoms with E-state index < -0.39 is 17.8 Å². The first-order chi connectivity index (χ1) is 3.55. The quantitative estimate of drug-likeness (QED) is 0.454. The van der Waals surface area contributed by atoms with Gasteiger partial charge >= 0.3 is 5.97 Å². The Hall–Kier alpha value is -0.900. The Morgan fingerprint density at radius 3 is 2.00 bits per heavy atom. The highest BCUT2D eigenvalue weighted by atomic mass is 16.4. The van der Waals surface area contributed by atoms with Crippen molar-refractivity contribution in [2.24, 2.45) is 5.73 Å². The lowest BCUT2D eigenvalue weighted by atomic mass is 10.2. The molecule has 0 amide bonds. The van der Waals surface area contributed by atoms with Crippen molar-refractivity contribution < 1.29 is 14.7 Å². The number of carboxylic acids is 1. The SMILES string of the molecule is C[C@@H](N)C(=O)C(=O)O. The second kappa shape index (κ2) is 2.42. The summed E-state index contributed by atoms with van der Waals surface area (Å²) in [5.41, 5.74) is 4.91. The van der Waals surface area contributed by atoms with Crippen LogP contribution in [0.5, 0.6) is 0 Å². The molecule has 0 heterocycles. The minimum absolute atomic E-state index is 0.896. The molecule has 4 nitrogen and oxygen atoms in total. The van der Waals surface area contributed by atoms with Crippen molar-refractivity contribution in [2.45, 2.75) is 13.0 Å². The number of rotatable bonds is 2. The van der Waals surface area contributed by atoms with Gasteiger partial charge in [0.2, 0.25) is 0 Å². The zero-order valence-corrected chi connectivity index (χ0v) is 4.42. The third-order valence-corrected chi connectivity index (χ3v) is 0.624. The number of aliphatic carboxylic acids is 1. The highest BCUT2D eigenvalue weighted by Gasteiger charge is 2.14. The van der Waals surface area contributed by atoms with Crippen molar-refractivity contribution in [3.63, 3.8) is 0 Å². The molecule has 3 N–H and O–H groups in total. The summed E-state index contributed by atoms with van der Waals surface area (Å²) >= 11 is 0. The van der Waals surface area contributed by atoms with E-state index in [1.54, 1.807) is 0 Å². The van der Waals surface area contributed by atoms with Gasteiger partial charge in [0.25, 0.3) is 5.78 Å². The number of hydrogen-bond donors (Lipinski definition) is 2. The number of Topliss-reactive ketones (excluding diaryl/α,β-unsaturated/α-hetero) is 1. The molecule has 46 valence electrons. The Morgan fingerprint density at radius 2 is 2.00 bits per heavy atom. The maximum absolute atomic E-state index is 10.1. The van der Waals surface area contributed by atoms with Gasteiger partial charge in [-0.15, -0.1) is 0 Å². The number of hydrogen-bond acceptors (Lipinski definition) is 3. The number of nitrogens with two attached hydrogens (primary N) is 1. The Balaban J connectivity index is 3.84. The molecule has 0 aliphatic rings. The van der Waals surface area contributed by atoms with E-state index >= 15 is 0 Å². The number of carboxylic acid groups (broad SMARTS) is 1. The standard InChI is InChI=1S/C4H7NO3/c1-2(5)3(6)4(7)8/h2H,5H2,1H3,(H,7,8)/t2-/m1/s1. The van der Waals surface area contributed by atoms with Crippen LogP contribution in [-0.2, 0) is 9.59 Å². The second-order valence-electron chi connectivity index (χ2n) is 1.46. The van der Waals surface area contributed by atoms with Gasteiger partial charge in [0.1, 0.15) is 0 Å². The Bertz CT molecular complexity index is 118. The van der Waals surface area contributed by atoms with Gasteiger partial charge in [-0.2, -0.15) is 0 Å². The Labute approximate surface area is 46.3 Å². The number of carbonyl (C=O) groups excluding carboxylic acids is 1. The smallest absolute Gasteiger partial charge is 0.373 e. The van der Waals surface area contributed by atoms with Crippen LogP contribution in [0, 0.1) is 0 Å². The fraction of sp³-hybridized carbons (Fsp3) is 0.500. The van der Waals surface area contributed by atoms with Crippen LogP contribution in [-0.4, -0.2) is 22.9 Å². The van der Waals surface area contributed by atoms with E-state index in [1.165, 1.54) is 6.92 Å². The van der Waals surface area contributed by atoms with Gasteiger partial charge in [0.05, 0.1) is 6.04 Å². The van der Waals surface area contributed by atoms with E-state index in [-0.39, 0.29) is 0 Å². The van der Waals surface area contributed by atoms with Crippen LogP contribution in [0.25, 0.3) is 0 Å². The van der Waals surface area contributed by atoms with E-state index in [0.29, 0.717) is 0 Å². The summed E-state index contributed by atoms with van der Waals surface area (Å²) in [6.45, 7) is 1.33. The van der Waals surface area contributed by atoms with Gasteiger partial charge in [-0.05, 0) is 6.92 Å². The third-order valence-electron chi connectivity index (χ3n) is 0.624. The fourth-order valence-corrected chi connectivity index (χ4v) is 0.195. The fourth-order valence-electron chi connectivity index (χ4n) is 0.195. The molecule has 0 bridgehead atoms. The molecule has 1 atom stereocenters. The molecular weight excluding hydrogens is 110 g/mol. The Kier molecular flexibility index (Phi) is 2.15. The van der Waals surface area contributed by atoms with E-state index in [0.717, 1.165) is 0 Å². The number of carbonyl (C=O) groups is 2. The van der Waals surface area contributed by atoms with Crippen LogP contribution in [0.4, 0.5) is 0 Å². The summed E-state index contributed by atoms with van der Waals surface area (Å²) in [6, 6.07) is -0.896. The molecule has 0 fully saturated rings. The highest BCUT2D eigenvalue weighted by Crippen LogP contribution is 1.77. The van der Waals surface area contributed by atoms with Crippen molar-refractivity contribution in [3.05, 3.63) is 0 Å². The van der Waals surface area contributed by atoms with Crippen LogP contribution in [0.2, 0.25) is 0 Å². The average molecular weight is 117 g/mol. The molecule has 0 aliphatic heterocycles. The predicted octanol–water partition coefficient (Wildman–Crippen LogP) is -1.01. The van der Waals surface area contributed by atoms with Gasteiger partial charge in [-0.25, -0.2) is 4.79 Å². The summed E-state index contributed by atoms with van der Waals surface area (Å²) in [6.07, 6.45) is 0. The zero-order valence-electron chi connectivity index (χ0n) is 4.42. The topological polar surface area (TPSA) is 80.4 Å². The lowest BCUT2D eigenvalue weighted by Crippen LogP contribution is -2.32. The first-order valence-corrected chi connectivity index (χ1v) is 2.08. The molecule has 4 heteroatoms. The molecule has 0 spiro atoms. The molecule has 0 aliphatic carbocycles. The second-order valence-corrected chi connectivity index (χ2v) is 1.46. The third kappa shape index (κ3) is 1.70. The molecule has 0 radical (unpaired) electrons. The molecule has 0 aromatic heterocycles. The number of ketones is 1. The summed E-state index contributed by atoms with van der Waals surface area (Å²) in [5, 5.41) is 7.92. The largest absolute Gasteiger partial charge is 0.475 e. The summed E-state index contributed by atoms with van der Waals surface area (Å²) in [4.78, 5) is 19.8. The van der Waals surface area contributed by atoms with Crippen LogP contribution < -0.4 is 5.73 Å². The first kappa shape index (κ1) is 7.10. The summed E-state index contributed by atoms with van der Waals surface area (Å²) < 4.78 is 0. The molecule has 0 saturated carbocycles. The van der Waals surface area contributed by atoms with Gasteiger partial charge in [0.15, 0.2) is 0 Å². The maximum atomic E-state index is 10.1. The van der Waals surface area contributed by atoms with Gasteiger partial charge < -0.3 is 10.8 Å². The molecule has 0 saturated heterocycles. The molecule has 0 aromatic carbocycles. The normalized spacial score (nSPS) is 12.8. The predicted molar refractivity (Wildman–Crippen MR) is 26.3 cm³/mol. The molecule has 0 unspecified atom stereocenters. The van der Waals surface area contributed by atoms with E-state index in [9.17, 15) is 9.59 Å². The van der Waals surface area contributed by atoms with Crippen LogP contribution in [0.1, 0.15) is 6.92 Å². The van der Waals surface area contributed by atoms with Crippen LogP contribution in [0.15, 0.2) is 0 Å². The first-order valence-electron chi connectivity index (χ1n) is 2.08. The molecule has 0 aromatic rings. The molecule has 8 heavy (non-hydrogen) atoms. The van der Waals surface area contributed by atoms with Crippen molar-refractivity contribution in [1.82, 2.24) is 0 Å². The monoisotopic (exact) mass is 117 g/mol. The maximum Gasteiger partial charge on any atom is 0.373 e. The summed E-state index contributed by atoms with van der Waals surface area (Å²) in [7, 11) is 0. The molecular formula is C4H7NO3. The van der Waals surface area contributed by atoms with Crippen molar-refractivity contribution in [2.75, 3.05) is 0 Å². The van der Waals surface area contributed by atoms with Crippen LogP contribution >= 0.6 is 0 Å². The zero-order chi connectivity index (χ0) is 6.73. The highest BCUT2D eigenvalue weighted by molar-refractivity contribution is 6.34. The minimum atomic E-state index is -1.47. The van der Waals surface area contributed by atoms with Crippen molar-refractivity contribution >= 4 is 11.8 Å². The minimum Gasteiger partial charge on any atom is -0.475 e. The van der Waals surface area contributed by atoms with E-state index in [2.05, 4.69) is 0 Å². The van der Waals surface area contributed by atoms with Gasteiger partial charge in [-0.3, -0.25) is 4.79 Å². The Morgan fingerprint density at radius 1 is 1.62 bits per heavy atom. The van der Waals surface area contributed by atoms with Gasteiger partial charge in [0, 0.05) is 0 Å². The van der Waals surface area contributed by atoms with Gasteiger partial charge in [-0.1, -0.05) is 0 Å².